The lowest BCUT2D eigenvalue weighted by molar-refractivity contribution is 0.902. The summed E-state index contributed by atoms with van der Waals surface area (Å²) in [5, 5.41) is 4.42. The molecule has 6 heteroatoms. The Morgan fingerprint density at radius 2 is 2.12 bits per heavy atom. The van der Waals surface area contributed by atoms with E-state index in [9.17, 15) is 0 Å². The molecule has 1 aliphatic carbocycles. The minimum absolute atomic E-state index is 0.207. The molecular formula is C11H11Br2N3S. The normalized spacial score (nSPS) is 16.7. The van der Waals surface area contributed by atoms with Gasteiger partial charge in [-0.2, -0.15) is 5.10 Å². The van der Waals surface area contributed by atoms with Crippen molar-refractivity contribution in [3.8, 4) is 0 Å². The molecule has 90 valence electrons. The number of thiocarbonyl (C=S) groups is 1. The molecule has 3 N–H and O–H groups in total. The van der Waals surface area contributed by atoms with Crippen molar-refractivity contribution in [1.29, 1.82) is 0 Å². The van der Waals surface area contributed by atoms with Gasteiger partial charge in [-0.25, -0.2) is 0 Å². The van der Waals surface area contributed by atoms with E-state index in [4.69, 9.17) is 18.0 Å². The fourth-order valence-corrected chi connectivity index (χ4v) is 3.46. The highest BCUT2D eigenvalue weighted by Gasteiger charge is 2.17. The molecule has 1 aromatic rings. The highest BCUT2D eigenvalue weighted by atomic mass is 79.9. The topological polar surface area (TPSA) is 50.4 Å². The zero-order chi connectivity index (χ0) is 12.4. The lowest BCUT2D eigenvalue weighted by atomic mass is 9.90. The van der Waals surface area contributed by atoms with Gasteiger partial charge in [0, 0.05) is 21.1 Å². The van der Waals surface area contributed by atoms with Crippen LogP contribution in [0.5, 0.6) is 0 Å². The van der Waals surface area contributed by atoms with Gasteiger partial charge in [0.25, 0.3) is 0 Å². The van der Waals surface area contributed by atoms with Crippen molar-refractivity contribution in [2.45, 2.75) is 19.3 Å². The molecule has 1 aliphatic rings. The van der Waals surface area contributed by atoms with Crippen molar-refractivity contribution in [2.24, 2.45) is 10.8 Å². The first kappa shape index (κ1) is 13.0. The van der Waals surface area contributed by atoms with Gasteiger partial charge < -0.3 is 5.73 Å². The number of halogens is 2. The maximum absolute atomic E-state index is 5.35. The second-order valence-corrected chi connectivity index (χ2v) is 6.07. The van der Waals surface area contributed by atoms with Crippen molar-refractivity contribution in [1.82, 2.24) is 5.43 Å². The summed E-state index contributed by atoms with van der Waals surface area (Å²) in [4.78, 5) is 0. The monoisotopic (exact) mass is 375 g/mol. The molecule has 0 unspecified atom stereocenters. The van der Waals surface area contributed by atoms with Crippen LogP contribution in [0.2, 0.25) is 0 Å². The first-order valence-corrected chi connectivity index (χ1v) is 7.13. The second kappa shape index (κ2) is 5.46. The molecule has 0 aromatic heterocycles. The minimum Gasteiger partial charge on any atom is -0.375 e. The summed E-state index contributed by atoms with van der Waals surface area (Å²) in [7, 11) is 0. The summed E-state index contributed by atoms with van der Waals surface area (Å²) in [6, 6.07) is 4.21. The molecule has 2 rings (SSSR count). The first-order valence-electron chi connectivity index (χ1n) is 5.14. The summed E-state index contributed by atoms with van der Waals surface area (Å²) in [6.07, 6.45) is 2.76. The zero-order valence-corrected chi connectivity index (χ0v) is 13.0. The number of fused-ring (bicyclic) bond motifs is 1. The summed E-state index contributed by atoms with van der Waals surface area (Å²) >= 11 is 11.8. The number of nitrogens with one attached hydrogen (secondary N) is 1. The molecule has 0 bridgehead atoms. The third-order valence-electron chi connectivity index (χ3n) is 2.63. The van der Waals surface area contributed by atoms with Crippen molar-refractivity contribution in [2.75, 3.05) is 0 Å². The van der Waals surface area contributed by atoms with Crippen LogP contribution < -0.4 is 11.2 Å². The van der Waals surface area contributed by atoms with Gasteiger partial charge in [-0.05, 0) is 48.3 Å². The van der Waals surface area contributed by atoms with Crippen LogP contribution >= 0.6 is 44.1 Å². The van der Waals surface area contributed by atoms with Gasteiger partial charge >= 0.3 is 0 Å². The number of nitrogens with zero attached hydrogens (tertiary/aromatic N) is 1. The molecule has 0 spiro atoms. The Morgan fingerprint density at radius 3 is 2.82 bits per heavy atom. The number of nitrogens with two attached hydrogens (primary N) is 1. The molecule has 3 nitrogen and oxygen atoms in total. The van der Waals surface area contributed by atoms with Crippen molar-refractivity contribution in [3.63, 3.8) is 0 Å². The summed E-state index contributed by atoms with van der Waals surface area (Å²) in [6.45, 7) is 0. The van der Waals surface area contributed by atoms with E-state index >= 15 is 0 Å². The predicted molar refractivity (Wildman–Crippen MR) is 81.2 cm³/mol. The van der Waals surface area contributed by atoms with Gasteiger partial charge in [0.2, 0.25) is 0 Å². The molecule has 0 amide bonds. The van der Waals surface area contributed by atoms with Gasteiger partial charge in [-0.15, -0.1) is 0 Å². The van der Waals surface area contributed by atoms with E-state index < -0.39 is 0 Å². The third-order valence-corrected chi connectivity index (χ3v) is 3.89. The number of benzene rings is 1. The number of hydrazone groups is 1. The Balaban J connectivity index is 2.24. The van der Waals surface area contributed by atoms with Crippen LogP contribution in [-0.4, -0.2) is 10.8 Å². The van der Waals surface area contributed by atoms with Gasteiger partial charge in [-0.3, -0.25) is 5.43 Å². The molecule has 17 heavy (non-hydrogen) atoms. The molecule has 0 radical (unpaired) electrons. The number of hydrogen-bond donors (Lipinski definition) is 2. The van der Waals surface area contributed by atoms with E-state index in [0.29, 0.717) is 0 Å². The van der Waals surface area contributed by atoms with Crippen molar-refractivity contribution >= 4 is 54.9 Å². The third kappa shape index (κ3) is 3.26. The lowest BCUT2D eigenvalue weighted by Gasteiger charge is -2.19. The Bertz CT molecular complexity index is 500. The molecule has 0 saturated heterocycles. The van der Waals surface area contributed by atoms with E-state index in [1.807, 2.05) is 0 Å². The van der Waals surface area contributed by atoms with E-state index in [2.05, 4.69) is 54.5 Å². The van der Waals surface area contributed by atoms with E-state index in [1.54, 1.807) is 0 Å². The van der Waals surface area contributed by atoms with Crippen LogP contribution in [0.3, 0.4) is 0 Å². The highest BCUT2D eigenvalue weighted by molar-refractivity contribution is 9.11. The Labute approximate surface area is 122 Å². The molecule has 0 heterocycles. The van der Waals surface area contributed by atoms with Crippen LogP contribution in [0.25, 0.3) is 0 Å². The summed E-state index contributed by atoms with van der Waals surface area (Å²) in [5.74, 6) is 0. The quantitative estimate of drug-likeness (QED) is 0.585. The highest BCUT2D eigenvalue weighted by Crippen LogP contribution is 2.30. The maximum atomic E-state index is 5.35. The van der Waals surface area contributed by atoms with Gasteiger partial charge in [0.05, 0.1) is 0 Å². The fourth-order valence-electron chi connectivity index (χ4n) is 1.90. The van der Waals surface area contributed by atoms with Crippen LogP contribution in [0.1, 0.15) is 17.5 Å². The van der Waals surface area contributed by atoms with Crippen LogP contribution in [0.15, 0.2) is 26.2 Å². The Morgan fingerprint density at radius 1 is 1.35 bits per heavy atom. The molecule has 1 aromatic carbocycles. The van der Waals surface area contributed by atoms with Gasteiger partial charge in [-0.1, -0.05) is 31.9 Å². The zero-order valence-electron chi connectivity index (χ0n) is 8.96. The fraction of sp³-hybridized carbons (Fsp3) is 0.273. The average molecular weight is 377 g/mol. The minimum atomic E-state index is 0.207. The SMILES string of the molecule is NC(=S)N/N=C1/CCc2c(Br)cc(Br)cc2C1. The van der Waals surface area contributed by atoms with Gasteiger partial charge in [0.1, 0.15) is 0 Å². The second-order valence-electron chi connectivity index (χ2n) is 3.86. The molecular weight excluding hydrogens is 366 g/mol. The number of rotatable bonds is 1. The molecule has 0 fully saturated rings. The van der Waals surface area contributed by atoms with E-state index in [1.165, 1.54) is 11.1 Å². The van der Waals surface area contributed by atoms with Crippen molar-refractivity contribution < 1.29 is 0 Å². The molecule has 0 atom stereocenters. The average Bonchev–Trinajstić information content (AvgIpc) is 2.25. The van der Waals surface area contributed by atoms with Crippen LogP contribution in [0, 0.1) is 0 Å². The largest absolute Gasteiger partial charge is 0.375 e. The smallest absolute Gasteiger partial charge is 0.184 e. The Hall–Kier alpha value is -0.460. The maximum Gasteiger partial charge on any atom is 0.184 e. The van der Waals surface area contributed by atoms with E-state index in [0.717, 1.165) is 33.9 Å². The number of hydrogen-bond acceptors (Lipinski definition) is 2. The summed E-state index contributed by atoms with van der Waals surface area (Å²) in [5.41, 5.74) is 11.7. The lowest BCUT2D eigenvalue weighted by Crippen LogP contribution is -2.27. The van der Waals surface area contributed by atoms with Crippen LogP contribution in [0.4, 0.5) is 0 Å². The Kier molecular flexibility index (Phi) is 4.17. The molecule has 0 saturated carbocycles. The summed E-state index contributed by atoms with van der Waals surface area (Å²) < 4.78 is 2.23. The van der Waals surface area contributed by atoms with E-state index in [-0.39, 0.29) is 5.11 Å². The standard InChI is InChI=1S/C11H11Br2N3S/c12-7-3-6-4-8(15-16-11(14)17)1-2-9(6)10(13)5-7/h3,5H,1-2,4H2,(H3,14,16,17)/b15-8-. The first-order chi connectivity index (χ1) is 8.06. The molecule has 0 aliphatic heterocycles. The van der Waals surface area contributed by atoms with Crippen molar-refractivity contribution in [3.05, 3.63) is 32.2 Å². The predicted octanol–water partition coefficient (Wildman–Crippen LogP) is 2.89. The van der Waals surface area contributed by atoms with Crippen LogP contribution in [-0.2, 0) is 12.8 Å². The van der Waals surface area contributed by atoms with Gasteiger partial charge in [0.15, 0.2) is 5.11 Å².